The Morgan fingerprint density at radius 2 is 1.80 bits per heavy atom. The zero-order chi connectivity index (χ0) is 21.6. The highest BCUT2D eigenvalue weighted by Crippen LogP contribution is 2.29. The topological polar surface area (TPSA) is 78.5 Å². The summed E-state index contributed by atoms with van der Waals surface area (Å²) in [6, 6.07) is 13.7. The molecule has 1 unspecified atom stereocenters. The van der Waals surface area contributed by atoms with Crippen molar-refractivity contribution in [2.45, 2.75) is 30.2 Å². The summed E-state index contributed by atoms with van der Waals surface area (Å²) in [6.45, 7) is 2.35. The molecule has 1 amide bonds. The summed E-state index contributed by atoms with van der Waals surface area (Å²) in [7, 11) is -3.71. The molecule has 162 valence electrons. The van der Waals surface area contributed by atoms with Crippen LogP contribution in [0.1, 0.15) is 30.9 Å². The maximum Gasteiger partial charge on any atom is 0.240 e. The standard InChI is InChI=1S/C21H25Cl2N3O3S/c22-16-6-5-7-17(14-16)30(28,29)25-11-10-21(27)24-15-20(26-12-3-4-13-26)18-8-1-2-9-19(18)23/h1-2,5-9,14,20,25H,3-4,10-13,15H2,(H,24,27). The number of nitrogens with one attached hydrogen (secondary N) is 2. The van der Waals surface area contributed by atoms with Crippen molar-refractivity contribution < 1.29 is 13.2 Å². The van der Waals surface area contributed by atoms with Crippen molar-refractivity contribution in [3.63, 3.8) is 0 Å². The average Bonchev–Trinajstić information content (AvgIpc) is 3.24. The van der Waals surface area contributed by atoms with E-state index >= 15 is 0 Å². The second kappa shape index (κ2) is 10.6. The van der Waals surface area contributed by atoms with Crippen molar-refractivity contribution >= 4 is 39.1 Å². The second-order valence-electron chi connectivity index (χ2n) is 7.19. The summed E-state index contributed by atoms with van der Waals surface area (Å²) in [4.78, 5) is 14.7. The third kappa shape index (κ3) is 6.18. The van der Waals surface area contributed by atoms with E-state index < -0.39 is 10.0 Å². The van der Waals surface area contributed by atoms with Crippen LogP contribution in [-0.4, -0.2) is 45.4 Å². The summed E-state index contributed by atoms with van der Waals surface area (Å²) in [5.74, 6) is -0.222. The Hall–Kier alpha value is -1.64. The monoisotopic (exact) mass is 469 g/mol. The third-order valence-corrected chi connectivity index (χ3v) is 7.13. The molecule has 1 aliphatic rings. The number of benzene rings is 2. The molecule has 1 atom stereocenters. The van der Waals surface area contributed by atoms with E-state index in [0.29, 0.717) is 16.6 Å². The Kier molecular flexibility index (Phi) is 8.13. The Labute approximate surface area is 187 Å². The SMILES string of the molecule is O=C(CCNS(=O)(=O)c1cccc(Cl)c1)NCC(c1ccccc1Cl)N1CCCC1. The van der Waals surface area contributed by atoms with Gasteiger partial charge in [-0.15, -0.1) is 0 Å². The quantitative estimate of drug-likeness (QED) is 0.587. The number of hydrogen-bond acceptors (Lipinski definition) is 4. The van der Waals surface area contributed by atoms with E-state index in [1.54, 1.807) is 12.1 Å². The van der Waals surface area contributed by atoms with E-state index in [2.05, 4.69) is 14.9 Å². The smallest absolute Gasteiger partial charge is 0.240 e. The fourth-order valence-corrected chi connectivity index (χ4v) is 5.14. The molecular weight excluding hydrogens is 445 g/mol. The van der Waals surface area contributed by atoms with Crippen LogP contribution in [0.25, 0.3) is 0 Å². The summed E-state index contributed by atoms with van der Waals surface area (Å²) in [5.41, 5.74) is 0.989. The zero-order valence-electron chi connectivity index (χ0n) is 16.5. The van der Waals surface area contributed by atoms with Crippen LogP contribution in [0.4, 0.5) is 0 Å². The lowest BCUT2D eigenvalue weighted by molar-refractivity contribution is -0.121. The van der Waals surface area contributed by atoms with Crippen LogP contribution in [0, 0.1) is 0 Å². The van der Waals surface area contributed by atoms with Crippen LogP contribution < -0.4 is 10.0 Å². The summed E-state index contributed by atoms with van der Waals surface area (Å²) in [5, 5.41) is 3.94. The number of halogens is 2. The molecular formula is C21H25Cl2N3O3S. The van der Waals surface area contributed by atoms with Crippen LogP contribution >= 0.6 is 23.2 Å². The number of nitrogens with zero attached hydrogens (tertiary/aromatic N) is 1. The lowest BCUT2D eigenvalue weighted by atomic mass is 10.1. The van der Waals surface area contributed by atoms with E-state index in [9.17, 15) is 13.2 Å². The fourth-order valence-electron chi connectivity index (χ4n) is 3.55. The van der Waals surface area contributed by atoms with Gasteiger partial charge in [-0.05, 0) is 55.8 Å². The molecule has 9 heteroatoms. The minimum Gasteiger partial charge on any atom is -0.354 e. The molecule has 2 aromatic carbocycles. The highest BCUT2D eigenvalue weighted by atomic mass is 35.5. The van der Waals surface area contributed by atoms with Crippen LogP contribution in [0.5, 0.6) is 0 Å². The molecule has 30 heavy (non-hydrogen) atoms. The van der Waals surface area contributed by atoms with Gasteiger partial charge < -0.3 is 5.32 Å². The van der Waals surface area contributed by atoms with Gasteiger partial charge >= 0.3 is 0 Å². The third-order valence-electron chi connectivity index (χ3n) is 5.09. The molecule has 0 aliphatic carbocycles. The van der Waals surface area contributed by atoms with Gasteiger partial charge in [0.25, 0.3) is 0 Å². The molecule has 1 aliphatic heterocycles. The fraction of sp³-hybridized carbons (Fsp3) is 0.381. The first kappa shape index (κ1) is 23.0. The van der Waals surface area contributed by atoms with E-state index in [-0.39, 0.29) is 29.8 Å². The number of hydrogen-bond donors (Lipinski definition) is 2. The predicted molar refractivity (Wildman–Crippen MR) is 119 cm³/mol. The van der Waals surface area contributed by atoms with E-state index in [1.807, 2.05) is 24.3 Å². The first-order chi connectivity index (χ1) is 14.4. The summed E-state index contributed by atoms with van der Waals surface area (Å²) in [6.07, 6.45) is 2.29. The molecule has 1 saturated heterocycles. The van der Waals surface area contributed by atoms with Crippen LogP contribution in [0.3, 0.4) is 0 Å². The molecule has 2 aromatic rings. The van der Waals surface area contributed by atoms with Gasteiger partial charge in [-0.25, -0.2) is 13.1 Å². The first-order valence-electron chi connectivity index (χ1n) is 9.87. The predicted octanol–water partition coefficient (Wildman–Crippen LogP) is 3.62. The zero-order valence-corrected chi connectivity index (χ0v) is 18.8. The van der Waals surface area contributed by atoms with E-state index in [1.165, 1.54) is 12.1 Å². The average molecular weight is 470 g/mol. The minimum absolute atomic E-state index is 0.00114. The first-order valence-corrected chi connectivity index (χ1v) is 12.1. The van der Waals surface area contributed by atoms with Crippen molar-refractivity contribution in [3.8, 4) is 0 Å². The highest BCUT2D eigenvalue weighted by molar-refractivity contribution is 7.89. The van der Waals surface area contributed by atoms with Gasteiger partial charge in [-0.3, -0.25) is 9.69 Å². The van der Waals surface area contributed by atoms with Crippen LogP contribution in [0.2, 0.25) is 10.0 Å². The minimum atomic E-state index is -3.71. The largest absolute Gasteiger partial charge is 0.354 e. The number of sulfonamides is 1. The second-order valence-corrected chi connectivity index (χ2v) is 9.80. The lowest BCUT2D eigenvalue weighted by Gasteiger charge is -2.29. The van der Waals surface area contributed by atoms with Crippen molar-refractivity contribution in [2.24, 2.45) is 0 Å². The van der Waals surface area contributed by atoms with Gasteiger partial charge in [0.15, 0.2) is 0 Å². The normalized spacial score (nSPS) is 15.8. The number of rotatable bonds is 9. The molecule has 0 aromatic heterocycles. The molecule has 0 spiro atoms. The number of carbonyl (C=O) groups is 1. The molecule has 0 radical (unpaired) electrons. The molecule has 0 bridgehead atoms. The molecule has 3 rings (SSSR count). The maximum absolute atomic E-state index is 12.3. The molecule has 2 N–H and O–H groups in total. The number of carbonyl (C=O) groups excluding carboxylic acids is 1. The van der Waals surface area contributed by atoms with Crippen molar-refractivity contribution in [1.82, 2.24) is 14.9 Å². The Balaban J connectivity index is 1.54. The van der Waals surface area contributed by atoms with Gasteiger partial charge in [-0.2, -0.15) is 0 Å². The summed E-state index contributed by atoms with van der Waals surface area (Å²) >= 11 is 12.2. The Bertz CT molecular complexity index is 979. The Morgan fingerprint density at radius 3 is 2.50 bits per heavy atom. The van der Waals surface area contributed by atoms with Gasteiger partial charge in [0.2, 0.25) is 15.9 Å². The maximum atomic E-state index is 12.3. The van der Waals surface area contributed by atoms with Crippen molar-refractivity contribution in [1.29, 1.82) is 0 Å². The molecule has 6 nitrogen and oxygen atoms in total. The van der Waals surface area contributed by atoms with Gasteiger partial charge in [0, 0.05) is 29.6 Å². The van der Waals surface area contributed by atoms with Crippen LogP contribution in [0.15, 0.2) is 53.4 Å². The number of amides is 1. The van der Waals surface area contributed by atoms with Crippen molar-refractivity contribution in [3.05, 3.63) is 64.1 Å². The van der Waals surface area contributed by atoms with Crippen LogP contribution in [-0.2, 0) is 14.8 Å². The van der Waals surface area contributed by atoms with E-state index in [4.69, 9.17) is 23.2 Å². The number of likely N-dealkylation sites (tertiary alicyclic amines) is 1. The molecule has 1 fully saturated rings. The lowest BCUT2D eigenvalue weighted by Crippen LogP contribution is -2.38. The van der Waals surface area contributed by atoms with Gasteiger partial charge in [0.05, 0.1) is 10.9 Å². The summed E-state index contributed by atoms with van der Waals surface area (Å²) < 4.78 is 27.0. The van der Waals surface area contributed by atoms with Crippen molar-refractivity contribution in [2.75, 3.05) is 26.2 Å². The van der Waals surface area contributed by atoms with Gasteiger partial charge in [-0.1, -0.05) is 47.5 Å². The molecule has 0 saturated carbocycles. The highest BCUT2D eigenvalue weighted by Gasteiger charge is 2.25. The van der Waals surface area contributed by atoms with E-state index in [0.717, 1.165) is 31.5 Å². The van der Waals surface area contributed by atoms with Gasteiger partial charge in [0.1, 0.15) is 0 Å². The Morgan fingerprint density at radius 1 is 1.07 bits per heavy atom. The molecule has 1 heterocycles.